The molecule has 1 heterocycles. The van der Waals surface area contributed by atoms with Crippen molar-refractivity contribution in [3.8, 4) is 0 Å². The number of fused-ring (bicyclic) bond motifs is 1. The average Bonchev–Trinajstić information content (AvgIpc) is 2.54. The number of nitrogens with zero attached hydrogens (tertiary/aromatic N) is 1. The molecule has 2 aromatic rings. The van der Waals surface area contributed by atoms with E-state index in [1.165, 1.54) is 27.7 Å². The van der Waals surface area contributed by atoms with Gasteiger partial charge < -0.3 is 9.67 Å². The second-order valence-electron chi connectivity index (χ2n) is 5.54. The molecule has 17 heavy (non-hydrogen) atoms. The summed E-state index contributed by atoms with van der Waals surface area (Å²) in [5.74, 6) is 0. The van der Waals surface area contributed by atoms with E-state index >= 15 is 0 Å². The Bertz CT molecular complexity index is 564. The van der Waals surface area contributed by atoms with Gasteiger partial charge in [-0.3, -0.25) is 0 Å². The maximum absolute atomic E-state index is 9.44. The Morgan fingerprint density at radius 1 is 1.24 bits per heavy atom. The first-order valence-electron chi connectivity index (χ1n) is 6.05. The van der Waals surface area contributed by atoms with Gasteiger partial charge >= 0.3 is 0 Å². The molecule has 0 saturated heterocycles. The Hall–Kier alpha value is -1.28. The number of aliphatic hydroxyl groups is 1. The van der Waals surface area contributed by atoms with Crippen molar-refractivity contribution in [1.82, 2.24) is 4.57 Å². The minimum absolute atomic E-state index is 0.170. The van der Waals surface area contributed by atoms with Crippen LogP contribution >= 0.6 is 0 Å². The lowest BCUT2D eigenvalue weighted by Gasteiger charge is -2.22. The molecule has 0 aliphatic heterocycles. The van der Waals surface area contributed by atoms with Crippen molar-refractivity contribution in [3.63, 3.8) is 0 Å². The Labute approximate surface area is 103 Å². The topological polar surface area (TPSA) is 25.2 Å². The van der Waals surface area contributed by atoms with E-state index in [0.29, 0.717) is 0 Å². The van der Waals surface area contributed by atoms with E-state index in [2.05, 4.69) is 57.5 Å². The molecule has 1 aromatic carbocycles. The molecule has 0 atom stereocenters. The summed E-state index contributed by atoms with van der Waals surface area (Å²) >= 11 is 0. The summed E-state index contributed by atoms with van der Waals surface area (Å²) in [5.41, 5.74) is 4.92. The van der Waals surface area contributed by atoms with Gasteiger partial charge in [0.15, 0.2) is 0 Å². The summed E-state index contributed by atoms with van der Waals surface area (Å²) in [5, 5.41) is 10.7. The van der Waals surface area contributed by atoms with E-state index in [-0.39, 0.29) is 12.0 Å². The van der Waals surface area contributed by atoms with Crippen LogP contribution in [0, 0.1) is 13.8 Å². The van der Waals surface area contributed by atoms with Gasteiger partial charge in [0.05, 0.1) is 6.61 Å². The summed E-state index contributed by atoms with van der Waals surface area (Å²) in [4.78, 5) is 0. The van der Waals surface area contributed by atoms with Crippen molar-refractivity contribution in [2.45, 2.75) is 33.1 Å². The number of aliphatic hydroxyl groups excluding tert-OH is 1. The van der Waals surface area contributed by atoms with E-state index in [1.54, 1.807) is 0 Å². The van der Waals surface area contributed by atoms with Crippen molar-refractivity contribution in [2.75, 3.05) is 6.61 Å². The number of aryl methyl sites for hydroxylation is 2. The summed E-state index contributed by atoms with van der Waals surface area (Å²) in [6, 6.07) is 6.49. The number of rotatable bonds is 2. The van der Waals surface area contributed by atoms with Crippen LogP contribution in [0.4, 0.5) is 0 Å². The highest BCUT2D eigenvalue weighted by atomic mass is 16.3. The van der Waals surface area contributed by atoms with E-state index in [4.69, 9.17) is 0 Å². The molecule has 0 saturated carbocycles. The fourth-order valence-corrected chi connectivity index (χ4v) is 2.27. The van der Waals surface area contributed by atoms with Gasteiger partial charge in [0.1, 0.15) is 0 Å². The van der Waals surface area contributed by atoms with E-state index in [9.17, 15) is 5.11 Å². The summed E-state index contributed by atoms with van der Waals surface area (Å²) in [7, 11) is 2.10. The molecule has 2 heteroatoms. The normalized spacial score (nSPS) is 12.4. The maximum Gasteiger partial charge on any atom is 0.0522 e. The van der Waals surface area contributed by atoms with Crippen molar-refractivity contribution >= 4 is 10.9 Å². The number of benzene rings is 1. The Morgan fingerprint density at radius 2 is 1.88 bits per heavy atom. The van der Waals surface area contributed by atoms with Gasteiger partial charge in [-0.15, -0.1) is 0 Å². The smallest absolute Gasteiger partial charge is 0.0522 e. The van der Waals surface area contributed by atoms with Crippen molar-refractivity contribution in [3.05, 3.63) is 35.0 Å². The van der Waals surface area contributed by atoms with Crippen LogP contribution in [0.3, 0.4) is 0 Å². The van der Waals surface area contributed by atoms with Gasteiger partial charge in [0, 0.05) is 29.1 Å². The highest BCUT2D eigenvalue weighted by molar-refractivity contribution is 5.86. The third kappa shape index (κ3) is 1.77. The predicted molar refractivity (Wildman–Crippen MR) is 72.5 cm³/mol. The highest BCUT2D eigenvalue weighted by Crippen LogP contribution is 2.30. The van der Waals surface area contributed by atoms with Crippen molar-refractivity contribution < 1.29 is 5.11 Å². The number of hydrogen-bond donors (Lipinski definition) is 1. The average molecular weight is 231 g/mol. The predicted octanol–water partition coefficient (Wildman–Crippen LogP) is 3.07. The van der Waals surface area contributed by atoms with E-state index in [0.717, 1.165) is 0 Å². The van der Waals surface area contributed by atoms with Gasteiger partial charge in [0.25, 0.3) is 0 Å². The van der Waals surface area contributed by atoms with Crippen LogP contribution in [0.2, 0.25) is 0 Å². The minimum Gasteiger partial charge on any atom is -0.395 e. The lowest BCUT2D eigenvalue weighted by atomic mass is 9.85. The zero-order valence-electron chi connectivity index (χ0n) is 11.3. The first kappa shape index (κ1) is 12.2. The lowest BCUT2D eigenvalue weighted by Crippen LogP contribution is -2.21. The van der Waals surface area contributed by atoms with Gasteiger partial charge in [0.2, 0.25) is 0 Å². The molecule has 1 aromatic heterocycles. The molecule has 2 rings (SSSR count). The maximum atomic E-state index is 9.44. The summed E-state index contributed by atoms with van der Waals surface area (Å²) in [6.45, 7) is 8.61. The van der Waals surface area contributed by atoms with Crippen LogP contribution in [-0.4, -0.2) is 16.3 Å². The Morgan fingerprint density at radius 3 is 2.47 bits per heavy atom. The minimum atomic E-state index is -0.176. The Balaban J connectivity index is 2.70. The summed E-state index contributed by atoms with van der Waals surface area (Å²) < 4.78 is 2.22. The van der Waals surface area contributed by atoms with Gasteiger partial charge in [-0.2, -0.15) is 0 Å². The lowest BCUT2D eigenvalue weighted by molar-refractivity contribution is 0.218. The molecule has 0 fully saturated rings. The fourth-order valence-electron chi connectivity index (χ4n) is 2.27. The zero-order chi connectivity index (χ0) is 12.8. The first-order chi connectivity index (χ1) is 7.88. The summed E-state index contributed by atoms with van der Waals surface area (Å²) in [6.07, 6.45) is 0. The Kier molecular flexibility index (Phi) is 2.78. The molecule has 1 N–H and O–H groups in total. The largest absolute Gasteiger partial charge is 0.395 e. The molecule has 92 valence electrons. The second kappa shape index (κ2) is 3.88. The molecule has 0 aliphatic carbocycles. The molecule has 0 unspecified atom stereocenters. The zero-order valence-corrected chi connectivity index (χ0v) is 11.3. The molecule has 2 nitrogen and oxygen atoms in total. The third-order valence-corrected chi connectivity index (χ3v) is 3.98. The van der Waals surface area contributed by atoms with Crippen LogP contribution in [0.25, 0.3) is 10.9 Å². The molecule has 0 bridgehead atoms. The molecular weight excluding hydrogens is 210 g/mol. The van der Waals surface area contributed by atoms with E-state index < -0.39 is 0 Å². The first-order valence-corrected chi connectivity index (χ1v) is 6.05. The quantitative estimate of drug-likeness (QED) is 0.844. The fraction of sp³-hybridized carbons (Fsp3) is 0.467. The van der Waals surface area contributed by atoms with Gasteiger partial charge in [-0.25, -0.2) is 0 Å². The van der Waals surface area contributed by atoms with Crippen molar-refractivity contribution in [2.24, 2.45) is 7.05 Å². The van der Waals surface area contributed by atoms with E-state index in [1.807, 2.05) is 0 Å². The molecular formula is C15H21NO. The van der Waals surface area contributed by atoms with Crippen molar-refractivity contribution in [1.29, 1.82) is 0 Å². The van der Waals surface area contributed by atoms with Crippen LogP contribution in [-0.2, 0) is 12.5 Å². The molecule has 0 amide bonds. The monoisotopic (exact) mass is 231 g/mol. The van der Waals surface area contributed by atoms with Crippen LogP contribution < -0.4 is 0 Å². The molecule has 0 radical (unpaired) electrons. The number of aromatic nitrogens is 1. The van der Waals surface area contributed by atoms with Gasteiger partial charge in [-0.05, 0) is 37.1 Å². The number of hydrogen-bond acceptors (Lipinski definition) is 1. The van der Waals surface area contributed by atoms with Crippen LogP contribution in [0.1, 0.15) is 30.7 Å². The van der Waals surface area contributed by atoms with Crippen LogP contribution in [0.5, 0.6) is 0 Å². The SMILES string of the molecule is Cc1c(C)n(C)c2ccc(C(C)(C)CO)cc12. The molecule has 0 aliphatic rings. The highest BCUT2D eigenvalue weighted by Gasteiger charge is 2.20. The molecule has 0 spiro atoms. The van der Waals surface area contributed by atoms with Gasteiger partial charge in [-0.1, -0.05) is 19.9 Å². The van der Waals surface area contributed by atoms with Crippen LogP contribution in [0.15, 0.2) is 18.2 Å². The second-order valence-corrected chi connectivity index (χ2v) is 5.54. The standard InChI is InChI=1S/C15H21NO/c1-10-11(2)16(5)14-7-6-12(8-13(10)14)15(3,4)9-17/h6-8,17H,9H2,1-5H3. The third-order valence-electron chi connectivity index (χ3n) is 3.98.